The first-order valence-electron chi connectivity index (χ1n) is 13.8. The van der Waals surface area contributed by atoms with E-state index in [-0.39, 0.29) is 5.66 Å². The highest BCUT2D eigenvalue weighted by molar-refractivity contribution is 7.71. The van der Waals surface area contributed by atoms with Crippen molar-refractivity contribution in [1.82, 2.24) is 8.90 Å². The van der Waals surface area contributed by atoms with Gasteiger partial charge in [-0.1, -0.05) is 97.1 Å². The molecule has 40 heavy (non-hydrogen) atoms. The van der Waals surface area contributed by atoms with Gasteiger partial charge >= 0.3 is 0 Å². The molecule has 2 heterocycles. The van der Waals surface area contributed by atoms with E-state index < -0.39 is 7.29 Å². The van der Waals surface area contributed by atoms with Crippen molar-refractivity contribution in [2.45, 2.75) is 12.1 Å². The first kappa shape index (κ1) is 23.3. The summed E-state index contributed by atoms with van der Waals surface area (Å²) in [7, 11) is -3.16. The molecule has 0 N–H and O–H groups in total. The van der Waals surface area contributed by atoms with Crippen LogP contribution >= 0.6 is 7.29 Å². The Bertz CT molecular complexity index is 2170. The minimum atomic E-state index is -3.16. The third-order valence-electron chi connectivity index (χ3n) is 8.29. The Morgan fingerprint density at radius 2 is 1.18 bits per heavy atom. The van der Waals surface area contributed by atoms with E-state index in [1.165, 1.54) is 10.9 Å². The summed E-state index contributed by atoms with van der Waals surface area (Å²) < 4.78 is 20.3. The molecule has 4 heteroatoms. The van der Waals surface area contributed by atoms with E-state index in [9.17, 15) is 0 Å². The lowest BCUT2D eigenvalue weighted by Gasteiger charge is -2.29. The second-order valence-electron chi connectivity index (χ2n) is 10.5. The Labute approximate surface area is 232 Å². The van der Waals surface area contributed by atoms with Crippen LogP contribution in [-0.2, 0) is 4.57 Å². The van der Waals surface area contributed by atoms with Crippen LogP contribution in [0.2, 0.25) is 0 Å². The van der Waals surface area contributed by atoms with Crippen molar-refractivity contribution in [2.24, 2.45) is 0 Å². The first-order valence-corrected chi connectivity index (χ1v) is 15.5. The van der Waals surface area contributed by atoms with Gasteiger partial charge in [0, 0.05) is 32.5 Å². The summed E-state index contributed by atoms with van der Waals surface area (Å²) >= 11 is 0. The van der Waals surface area contributed by atoms with Crippen molar-refractivity contribution in [3.8, 4) is 5.69 Å². The van der Waals surface area contributed by atoms with E-state index in [0.29, 0.717) is 0 Å². The Morgan fingerprint density at radius 3 is 1.90 bits per heavy atom. The monoisotopic (exact) mass is 534 g/mol. The van der Waals surface area contributed by atoms with Crippen molar-refractivity contribution in [2.75, 3.05) is 0 Å². The largest absolute Gasteiger partial charge is 0.309 e. The highest BCUT2D eigenvalue weighted by Crippen LogP contribution is 2.58. The Kier molecular flexibility index (Phi) is 5.23. The fraction of sp³-hybridized carbons (Fsp3) is 0.0556. The summed E-state index contributed by atoms with van der Waals surface area (Å²) in [5.74, 6) is 0. The Morgan fingerprint density at radius 1 is 0.575 bits per heavy atom. The molecule has 8 rings (SSSR count). The molecule has 1 aliphatic carbocycles. The third kappa shape index (κ3) is 3.28. The quantitative estimate of drug-likeness (QED) is 0.207. The number of allylic oxidation sites excluding steroid dienone is 4. The molecule has 0 bridgehead atoms. The molecular weight excluding hydrogens is 507 g/mol. The van der Waals surface area contributed by atoms with E-state index in [0.717, 1.165) is 50.1 Å². The maximum absolute atomic E-state index is 15.8. The van der Waals surface area contributed by atoms with Crippen LogP contribution in [0.1, 0.15) is 6.42 Å². The molecule has 0 amide bonds. The van der Waals surface area contributed by atoms with E-state index >= 15 is 4.57 Å². The Hall–Kier alpha value is -4.59. The lowest BCUT2D eigenvalue weighted by atomic mass is 10.1. The molecule has 0 fully saturated rings. The fourth-order valence-corrected chi connectivity index (χ4v) is 9.74. The molecule has 2 unspecified atom stereocenters. The molecule has 0 saturated heterocycles. The van der Waals surface area contributed by atoms with Gasteiger partial charge in [-0.3, -0.25) is 8.90 Å². The van der Waals surface area contributed by atoms with E-state index in [1.807, 2.05) is 36.4 Å². The topological polar surface area (TPSA) is 26.9 Å². The molecule has 7 aromatic rings. The van der Waals surface area contributed by atoms with Crippen molar-refractivity contribution in [3.63, 3.8) is 0 Å². The predicted octanol–water partition coefficient (Wildman–Crippen LogP) is 9.23. The molecular formula is C36H27N2OP. The van der Waals surface area contributed by atoms with Gasteiger partial charge in [0.1, 0.15) is 0 Å². The first-order chi connectivity index (χ1) is 19.7. The molecule has 2 aromatic heterocycles. The smallest absolute Gasteiger partial charge is 0.212 e. The molecule has 0 spiro atoms. The number of rotatable bonds is 4. The number of benzene rings is 5. The standard InChI is InChI=1S/C36H27N2OP/c39-40(27-16-6-2-7-17-27,28-18-8-3-9-19-28)38-34-23-13-11-21-30(34)32-24-35-31(25-36(32)38)29-20-10-12-22-33(29)37(35)26-14-4-1-5-15-26/h1-18,20-25,28H,19H2. The molecule has 192 valence electrons. The highest BCUT2D eigenvalue weighted by Gasteiger charge is 2.37. The number of aromatic nitrogens is 2. The molecule has 1 aliphatic rings. The number of nitrogens with zero attached hydrogens (tertiary/aromatic N) is 2. The molecule has 3 nitrogen and oxygen atoms in total. The number of fused-ring (bicyclic) bond motifs is 6. The fourth-order valence-electron chi connectivity index (χ4n) is 6.51. The molecule has 2 atom stereocenters. The van der Waals surface area contributed by atoms with Crippen LogP contribution in [0.5, 0.6) is 0 Å². The van der Waals surface area contributed by atoms with Crippen LogP contribution in [0.4, 0.5) is 0 Å². The summed E-state index contributed by atoms with van der Waals surface area (Å²) in [6, 6.07) is 42.2. The van der Waals surface area contributed by atoms with Crippen LogP contribution in [0, 0.1) is 0 Å². The van der Waals surface area contributed by atoms with Gasteiger partial charge in [-0.2, -0.15) is 0 Å². The van der Waals surface area contributed by atoms with Gasteiger partial charge in [-0.05, 0) is 55.0 Å². The van der Waals surface area contributed by atoms with Crippen LogP contribution < -0.4 is 5.30 Å². The van der Waals surface area contributed by atoms with Crippen molar-refractivity contribution in [1.29, 1.82) is 0 Å². The van der Waals surface area contributed by atoms with Gasteiger partial charge in [0.15, 0.2) is 0 Å². The second kappa shape index (κ2) is 8.98. The maximum atomic E-state index is 15.8. The number of hydrogen-bond acceptors (Lipinski definition) is 1. The van der Waals surface area contributed by atoms with Crippen LogP contribution in [0.3, 0.4) is 0 Å². The van der Waals surface area contributed by atoms with Gasteiger partial charge in [0.25, 0.3) is 0 Å². The lowest BCUT2D eigenvalue weighted by molar-refractivity contribution is 0.571. The second-order valence-corrected chi connectivity index (χ2v) is 13.3. The molecule has 5 aromatic carbocycles. The average molecular weight is 535 g/mol. The minimum Gasteiger partial charge on any atom is -0.309 e. The van der Waals surface area contributed by atoms with Crippen LogP contribution in [0.15, 0.2) is 146 Å². The van der Waals surface area contributed by atoms with Crippen LogP contribution in [0.25, 0.3) is 49.3 Å². The summed E-state index contributed by atoms with van der Waals surface area (Å²) in [5.41, 5.74) is 5.35. The summed E-state index contributed by atoms with van der Waals surface area (Å²) in [5, 5.41) is 5.48. The van der Waals surface area contributed by atoms with Gasteiger partial charge in [0.2, 0.25) is 7.29 Å². The van der Waals surface area contributed by atoms with Gasteiger partial charge < -0.3 is 4.57 Å². The van der Waals surface area contributed by atoms with E-state index in [4.69, 9.17) is 0 Å². The van der Waals surface area contributed by atoms with Gasteiger partial charge in [-0.25, -0.2) is 0 Å². The Balaban J connectivity index is 1.55. The minimum absolute atomic E-state index is 0.125. The zero-order valence-corrected chi connectivity index (χ0v) is 22.8. The number of hydrogen-bond donors (Lipinski definition) is 0. The summed E-state index contributed by atoms with van der Waals surface area (Å²) in [6.45, 7) is 0. The predicted molar refractivity (Wildman–Crippen MR) is 170 cm³/mol. The highest BCUT2D eigenvalue weighted by atomic mass is 31.2. The van der Waals surface area contributed by atoms with Crippen LogP contribution in [-0.4, -0.2) is 14.6 Å². The van der Waals surface area contributed by atoms with Crippen molar-refractivity contribution < 1.29 is 4.57 Å². The maximum Gasteiger partial charge on any atom is 0.212 e. The normalized spacial score (nSPS) is 16.8. The van der Waals surface area contributed by atoms with E-state index in [2.05, 4.69) is 118 Å². The SMILES string of the molecule is O=P(c1ccccc1)(C1C=CC=CC1)n1c2ccccc2c2cc3c(cc21)c1ccccc1n3-c1ccccc1. The summed E-state index contributed by atoms with van der Waals surface area (Å²) in [6.07, 6.45) is 9.11. The molecule has 0 saturated carbocycles. The van der Waals surface area contributed by atoms with Crippen molar-refractivity contribution in [3.05, 3.63) is 146 Å². The summed E-state index contributed by atoms with van der Waals surface area (Å²) in [4.78, 5) is 0. The lowest BCUT2D eigenvalue weighted by Crippen LogP contribution is -2.21. The third-order valence-corrected chi connectivity index (χ3v) is 11.6. The average Bonchev–Trinajstić information content (AvgIpc) is 3.53. The molecule has 0 aliphatic heterocycles. The zero-order valence-electron chi connectivity index (χ0n) is 21.9. The number of para-hydroxylation sites is 3. The van der Waals surface area contributed by atoms with E-state index in [1.54, 1.807) is 0 Å². The van der Waals surface area contributed by atoms with Gasteiger partial charge in [0.05, 0.1) is 27.7 Å². The zero-order chi connectivity index (χ0) is 26.7. The molecule has 0 radical (unpaired) electrons. The van der Waals surface area contributed by atoms with Gasteiger partial charge in [-0.15, -0.1) is 0 Å². The van der Waals surface area contributed by atoms with Crippen molar-refractivity contribution >= 4 is 56.2 Å².